The average molecular weight is 426 g/mol. The summed E-state index contributed by atoms with van der Waals surface area (Å²) in [6.45, 7) is 0. The van der Waals surface area contributed by atoms with E-state index in [0.717, 1.165) is 10.7 Å². The van der Waals surface area contributed by atoms with Gasteiger partial charge in [-0.15, -0.1) is 22.7 Å². The molecule has 4 heteroatoms. The van der Waals surface area contributed by atoms with Gasteiger partial charge < -0.3 is 0 Å². The van der Waals surface area contributed by atoms with E-state index in [1.165, 1.54) is 40.7 Å². The zero-order chi connectivity index (χ0) is 13.7. The monoisotopic (exact) mass is 424 g/mol. The van der Waals surface area contributed by atoms with Crippen molar-refractivity contribution in [3.8, 4) is 0 Å². The van der Waals surface area contributed by atoms with Crippen LogP contribution < -0.4 is 0 Å². The van der Waals surface area contributed by atoms with Gasteiger partial charge >= 0.3 is 0 Å². The van der Waals surface area contributed by atoms with Gasteiger partial charge in [0.2, 0.25) is 0 Å². The third-order valence-electron chi connectivity index (χ3n) is 3.52. The molecule has 0 aliphatic rings. The molecule has 20 heavy (non-hydrogen) atoms. The lowest BCUT2D eigenvalue weighted by Crippen LogP contribution is -1.74. The van der Waals surface area contributed by atoms with Gasteiger partial charge in [0.25, 0.3) is 0 Å². The summed E-state index contributed by atoms with van der Waals surface area (Å²) in [5.41, 5.74) is 2.69. The highest BCUT2D eigenvalue weighted by molar-refractivity contribution is 9.08. The molecule has 0 radical (unpaired) electrons. The predicted octanol–water partition coefficient (Wildman–Crippen LogP) is 7.06. The highest BCUT2D eigenvalue weighted by Crippen LogP contribution is 2.44. The van der Waals surface area contributed by atoms with Crippen molar-refractivity contribution in [3.63, 3.8) is 0 Å². The minimum atomic E-state index is 0.916. The van der Waals surface area contributed by atoms with Gasteiger partial charge in [-0.1, -0.05) is 44.0 Å². The van der Waals surface area contributed by atoms with E-state index in [1.807, 2.05) is 22.7 Å². The van der Waals surface area contributed by atoms with Crippen molar-refractivity contribution in [1.29, 1.82) is 0 Å². The van der Waals surface area contributed by atoms with E-state index in [-0.39, 0.29) is 0 Å². The summed E-state index contributed by atoms with van der Waals surface area (Å²) in [6, 6.07) is 13.6. The van der Waals surface area contributed by atoms with Gasteiger partial charge in [0.1, 0.15) is 0 Å². The van der Waals surface area contributed by atoms with Crippen molar-refractivity contribution in [2.24, 2.45) is 0 Å². The summed E-state index contributed by atoms with van der Waals surface area (Å²) in [5, 5.41) is 4.64. The van der Waals surface area contributed by atoms with Crippen molar-refractivity contribution in [3.05, 3.63) is 47.5 Å². The standard InChI is InChI=1S/C16H10Br2S2/c17-7-9-1-3-13-11(5-9)15-16(19-13)12-6-10(8-18)2-4-14(12)20-15/h1-6H,7-8H2. The zero-order valence-electron chi connectivity index (χ0n) is 10.5. The fraction of sp³-hybridized carbons (Fsp3) is 0.125. The number of fused-ring (bicyclic) bond motifs is 5. The van der Waals surface area contributed by atoms with Crippen LogP contribution in [0.15, 0.2) is 36.4 Å². The number of alkyl halides is 2. The Morgan fingerprint density at radius 2 is 1.15 bits per heavy atom. The lowest BCUT2D eigenvalue weighted by Gasteiger charge is -1.96. The Bertz CT molecular complexity index is 856. The molecule has 2 aromatic heterocycles. The van der Waals surface area contributed by atoms with E-state index in [9.17, 15) is 0 Å². The van der Waals surface area contributed by atoms with E-state index >= 15 is 0 Å². The van der Waals surface area contributed by atoms with Crippen molar-refractivity contribution < 1.29 is 0 Å². The van der Waals surface area contributed by atoms with Crippen molar-refractivity contribution in [2.45, 2.75) is 10.7 Å². The quantitative estimate of drug-likeness (QED) is 0.301. The normalized spacial score (nSPS) is 11.9. The molecular formula is C16H10Br2S2. The third-order valence-corrected chi connectivity index (χ3v) is 7.35. The first-order valence-electron chi connectivity index (χ1n) is 6.28. The van der Waals surface area contributed by atoms with Crippen LogP contribution >= 0.6 is 54.5 Å². The molecule has 0 nitrogen and oxygen atoms in total. The summed E-state index contributed by atoms with van der Waals surface area (Å²) in [4.78, 5) is 0. The summed E-state index contributed by atoms with van der Waals surface area (Å²) in [7, 11) is 0. The van der Waals surface area contributed by atoms with E-state index in [1.54, 1.807) is 0 Å². The lowest BCUT2D eigenvalue weighted by molar-refractivity contribution is 1.47. The summed E-state index contributed by atoms with van der Waals surface area (Å²) < 4.78 is 5.66. The van der Waals surface area contributed by atoms with Gasteiger partial charge in [0, 0.05) is 30.8 Å². The fourth-order valence-corrected chi connectivity index (χ4v) is 5.81. The van der Waals surface area contributed by atoms with Crippen LogP contribution in [0.2, 0.25) is 0 Å². The number of rotatable bonds is 2. The topological polar surface area (TPSA) is 0 Å². The van der Waals surface area contributed by atoms with Crippen LogP contribution in [0.5, 0.6) is 0 Å². The molecule has 2 aromatic carbocycles. The first-order valence-corrected chi connectivity index (χ1v) is 10.2. The first kappa shape index (κ1) is 13.3. The summed E-state index contributed by atoms with van der Waals surface area (Å²) in [6.07, 6.45) is 0. The SMILES string of the molecule is BrCc1ccc2sc3c4cc(CBr)ccc4sc3c2c1. The average Bonchev–Trinajstić information content (AvgIpc) is 3.02. The second kappa shape index (κ2) is 5.09. The van der Waals surface area contributed by atoms with Crippen molar-refractivity contribution in [2.75, 3.05) is 0 Å². The van der Waals surface area contributed by atoms with Gasteiger partial charge in [0.15, 0.2) is 0 Å². The minimum absolute atomic E-state index is 0.916. The number of halogens is 2. The number of thiophene rings is 2. The van der Waals surface area contributed by atoms with Crippen LogP contribution in [0.3, 0.4) is 0 Å². The number of benzene rings is 2. The summed E-state index contributed by atoms with van der Waals surface area (Å²) >= 11 is 10.9. The molecule has 4 rings (SSSR count). The van der Waals surface area contributed by atoms with Crippen molar-refractivity contribution >= 4 is 84.1 Å². The molecule has 4 aromatic rings. The van der Waals surface area contributed by atoms with Crippen LogP contribution in [0.1, 0.15) is 11.1 Å². The molecule has 2 heterocycles. The lowest BCUT2D eigenvalue weighted by atomic mass is 10.1. The van der Waals surface area contributed by atoms with Gasteiger partial charge in [-0.2, -0.15) is 0 Å². The molecule has 0 atom stereocenters. The Hall–Kier alpha value is -0.420. The molecule has 0 amide bonds. The van der Waals surface area contributed by atoms with Gasteiger partial charge in [0.05, 0.1) is 9.40 Å². The number of hydrogen-bond donors (Lipinski definition) is 0. The third kappa shape index (κ3) is 1.97. The molecule has 0 aliphatic carbocycles. The second-order valence-electron chi connectivity index (χ2n) is 4.79. The largest absolute Gasteiger partial charge is 0.134 e. The molecule has 0 fully saturated rings. The smallest absolute Gasteiger partial charge is 0.0542 e. The highest BCUT2D eigenvalue weighted by atomic mass is 79.9. The molecule has 0 unspecified atom stereocenters. The Morgan fingerprint density at radius 1 is 0.700 bits per heavy atom. The Morgan fingerprint density at radius 3 is 1.55 bits per heavy atom. The highest BCUT2D eigenvalue weighted by Gasteiger charge is 2.12. The van der Waals surface area contributed by atoms with Crippen LogP contribution in [-0.4, -0.2) is 0 Å². The molecule has 0 bridgehead atoms. The van der Waals surface area contributed by atoms with E-state index in [4.69, 9.17) is 0 Å². The van der Waals surface area contributed by atoms with E-state index in [0.29, 0.717) is 0 Å². The molecule has 100 valence electrons. The summed E-state index contributed by atoms with van der Waals surface area (Å²) in [5.74, 6) is 0. The second-order valence-corrected chi connectivity index (χ2v) is 8.02. The minimum Gasteiger partial charge on any atom is -0.134 e. The molecule has 0 aliphatic heterocycles. The van der Waals surface area contributed by atoms with Gasteiger partial charge in [-0.3, -0.25) is 0 Å². The molecule has 0 saturated heterocycles. The van der Waals surface area contributed by atoms with Crippen LogP contribution in [0.4, 0.5) is 0 Å². The van der Waals surface area contributed by atoms with Crippen LogP contribution in [0, 0.1) is 0 Å². The van der Waals surface area contributed by atoms with Crippen LogP contribution in [-0.2, 0) is 10.7 Å². The Labute approximate surface area is 141 Å². The molecular weight excluding hydrogens is 416 g/mol. The van der Waals surface area contributed by atoms with E-state index < -0.39 is 0 Å². The van der Waals surface area contributed by atoms with Crippen LogP contribution in [0.25, 0.3) is 29.6 Å². The Balaban J connectivity index is 2.12. The Kier molecular flexibility index (Phi) is 3.38. The zero-order valence-corrected chi connectivity index (χ0v) is 15.3. The fourth-order valence-electron chi connectivity index (χ4n) is 2.52. The predicted molar refractivity (Wildman–Crippen MR) is 100.0 cm³/mol. The van der Waals surface area contributed by atoms with Gasteiger partial charge in [-0.05, 0) is 35.4 Å². The van der Waals surface area contributed by atoms with Gasteiger partial charge in [-0.25, -0.2) is 0 Å². The maximum atomic E-state index is 3.55. The first-order chi connectivity index (χ1) is 9.80. The maximum absolute atomic E-state index is 3.55. The van der Waals surface area contributed by atoms with E-state index in [2.05, 4.69) is 68.3 Å². The van der Waals surface area contributed by atoms with Crippen molar-refractivity contribution in [1.82, 2.24) is 0 Å². The molecule has 0 saturated carbocycles. The number of hydrogen-bond acceptors (Lipinski definition) is 2. The molecule has 0 spiro atoms. The maximum Gasteiger partial charge on any atom is 0.0542 e. The molecule has 0 N–H and O–H groups in total.